The summed E-state index contributed by atoms with van der Waals surface area (Å²) >= 11 is 0. The normalized spacial score (nSPS) is 10.6. The van der Waals surface area contributed by atoms with Crippen LogP contribution >= 0.6 is 0 Å². The smallest absolute Gasteiger partial charge is 0.0723 e. The van der Waals surface area contributed by atoms with Crippen molar-refractivity contribution in [3.8, 4) is 0 Å². The van der Waals surface area contributed by atoms with E-state index in [1.807, 2.05) is 18.3 Å². The van der Waals surface area contributed by atoms with E-state index in [9.17, 15) is 0 Å². The fourth-order valence-corrected chi connectivity index (χ4v) is 2.60. The average Bonchev–Trinajstić information content (AvgIpc) is 2.53. The molecular formula is C20H20N2. The van der Waals surface area contributed by atoms with Gasteiger partial charge in [0.1, 0.15) is 0 Å². The molecule has 0 aliphatic carbocycles. The maximum Gasteiger partial charge on any atom is 0.0723 e. The van der Waals surface area contributed by atoms with Crippen molar-refractivity contribution in [1.29, 1.82) is 0 Å². The highest BCUT2D eigenvalue weighted by Crippen LogP contribution is 2.26. The molecule has 0 saturated carbocycles. The zero-order valence-electron chi connectivity index (χ0n) is 12.8. The van der Waals surface area contributed by atoms with Crippen molar-refractivity contribution in [1.82, 2.24) is 4.98 Å². The number of nitrogens with zero attached hydrogens (tertiary/aromatic N) is 1. The van der Waals surface area contributed by atoms with Crippen LogP contribution in [-0.4, -0.2) is 4.98 Å². The molecule has 22 heavy (non-hydrogen) atoms. The summed E-state index contributed by atoms with van der Waals surface area (Å²) in [6.07, 6.45) is 5.81. The summed E-state index contributed by atoms with van der Waals surface area (Å²) in [5.41, 5.74) is 5.77. The molecule has 0 atom stereocenters. The Labute approximate surface area is 131 Å². The number of fused-ring (bicyclic) bond motifs is 1. The second kappa shape index (κ2) is 6.44. The standard InChI is InChI=1S/C20H20N2/c1-3-4-7-16-9-10-19-18(14-16)20(11-12-21-19)22-17-8-5-6-15(2)13-17/h3,5-6,8-14H,1,4,7H2,2H3,(H,21,22). The topological polar surface area (TPSA) is 24.9 Å². The molecule has 2 heteroatoms. The summed E-state index contributed by atoms with van der Waals surface area (Å²) in [5.74, 6) is 0. The number of aryl methyl sites for hydroxylation is 2. The molecule has 0 fully saturated rings. The molecule has 0 unspecified atom stereocenters. The van der Waals surface area contributed by atoms with Gasteiger partial charge in [-0.1, -0.05) is 24.3 Å². The van der Waals surface area contributed by atoms with Crippen molar-refractivity contribution in [3.05, 3.63) is 78.5 Å². The van der Waals surface area contributed by atoms with Gasteiger partial charge in [0.15, 0.2) is 0 Å². The molecular weight excluding hydrogens is 268 g/mol. The molecule has 3 rings (SSSR count). The number of nitrogens with one attached hydrogen (secondary N) is 1. The molecule has 2 nitrogen and oxygen atoms in total. The molecule has 1 heterocycles. The lowest BCUT2D eigenvalue weighted by Crippen LogP contribution is -1.94. The lowest BCUT2D eigenvalue weighted by atomic mass is 10.1. The van der Waals surface area contributed by atoms with Gasteiger partial charge in [-0.15, -0.1) is 6.58 Å². The van der Waals surface area contributed by atoms with E-state index < -0.39 is 0 Å². The molecule has 0 spiro atoms. The van der Waals surface area contributed by atoms with E-state index in [1.54, 1.807) is 0 Å². The highest BCUT2D eigenvalue weighted by molar-refractivity contribution is 5.93. The van der Waals surface area contributed by atoms with Gasteiger partial charge in [0.05, 0.1) is 5.52 Å². The molecule has 0 aliphatic rings. The van der Waals surface area contributed by atoms with Crippen molar-refractivity contribution in [2.75, 3.05) is 5.32 Å². The van der Waals surface area contributed by atoms with Gasteiger partial charge in [-0.05, 0) is 61.2 Å². The number of allylic oxidation sites excluding steroid dienone is 1. The third-order valence-corrected chi connectivity index (χ3v) is 3.74. The molecule has 0 bridgehead atoms. The second-order valence-electron chi connectivity index (χ2n) is 5.53. The Balaban J connectivity index is 1.99. The molecule has 0 saturated heterocycles. The van der Waals surface area contributed by atoms with Gasteiger partial charge in [0.25, 0.3) is 0 Å². The van der Waals surface area contributed by atoms with Crippen LogP contribution in [0.2, 0.25) is 0 Å². The Hall–Kier alpha value is -2.61. The number of hydrogen-bond acceptors (Lipinski definition) is 2. The maximum absolute atomic E-state index is 4.46. The van der Waals surface area contributed by atoms with Crippen molar-refractivity contribution in [3.63, 3.8) is 0 Å². The van der Waals surface area contributed by atoms with E-state index in [-0.39, 0.29) is 0 Å². The van der Waals surface area contributed by atoms with E-state index in [0.29, 0.717) is 0 Å². The van der Waals surface area contributed by atoms with E-state index in [0.717, 1.165) is 35.1 Å². The summed E-state index contributed by atoms with van der Waals surface area (Å²) < 4.78 is 0. The molecule has 0 aliphatic heterocycles. The number of hydrogen-bond donors (Lipinski definition) is 1. The highest BCUT2D eigenvalue weighted by atomic mass is 14.9. The summed E-state index contributed by atoms with van der Waals surface area (Å²) in [5, 5.41) is 4.67. The Kier molecular flexibility index (Phi) is 4.19. The van der Waals surface area contributed by atoms with Gasteiger partial charge < -0.3 is 5.32 Å². The molecule has 0 radical (unpaired) electrons. The number of anilines is 2. The number of benzene rings is 2. The van der Waals surface area contributed by atoms with Crippen LogP contribution in [0.3, 0.4) is 0 Å². The summed E-state index contributed by atoms with van der Waals surface area (Å²) in [4.78, 5) is 4.46. The minimum absolute atomic E-state index is 0.992. The predicted octanol–water partition coefficient (Wildman–Crippen LogP) is 5.41. The van der Waals surface area contributed by atoms with E-state index >= 15 is 0 Å². The highest BCUT2D eigenvalue weighted by Gasteiger charge is 2.04. The zero-order valence-corrected chi connectivity index (χ0v) is 12.8. The molecule has 0 amide bonds. The van der Waals surface area contributed by atoms with Crippen molar-refractivity contribution in [2.45, 2.75) is 19.8 Å². The Morgan fingerprint density at radius 1 is 1.14 bits per heavy atom. The average molecular weight is 288 g/mol. The Bertz CT molecular complexity index is 806. The van der Waals surface area contributed by atoms with Gasteiger partial charge in [0, 0.05) is 23.0 Å². The monoisotopic (exact) mass is 288 g/mol. The van der Waals surface area contributed by atoms with Crippen LogP contribution in [0.25, 0.3) is 10.9 Å². The molecule has 1 aromatic heterocycles. The fourth-order valence-electron chi connectivity index (χ4n) is 2.60. The first-order valence-corrected chi connectivity index (χ1v) is 7.58. The van der Waals surface area contributed by atoms with Gasteiger partial charge in [-0.3, -0.25) is 4.98 Å². The van der Waals surface area contributed by atoms with Crippen LogP contribution in [-0.2, 0) is 6.42 Å². The maximum atomic E-state index is 4.46. The fraction of sp³-hybridized carbons (Fsp3) is 0.150. The summed E-state index contributed by atoms with van der Waals surface area (Å²) in [6, 6.07) is 16.9. The number of aromatic nitrogens is 1. The zero-order chi connectivity index (χ0) is 15.4. The first-order valence-electron chi connectivity index (χ1n) is 7.58. The number of rotatable bonds is 5. The van der Waals surface area contributed by atoms with Crippen LogP contribution in [0, 0.1) is 6.92 Å². The van der Waals surface area contributed by atoms with Crippen molar-refractivity contribution >= 4 is 22.3 Å². The van der Waals surface area contributed by atoms with E-state index in [1.165, 1.54) is 11.1 Å². The molecule has 1 N–H and O–H groups in total. The van der Waals surface area contributed by atoms with Crippen LogP contribution in [0.4, 0.5) is 11.4 Å². The first kappa shape index (κ1) is 14.3. The van der Waals surface area contributed by atoms with E-state index in [4.69, 9.17) is 0 Å². The quantitative estimate of drug-likeness (QED) is 0.635. The summed E-state index contributed by atoms with van der Waals surface area (Å²) in [6.45, 7) is 5.90. The van der Waals surface area contributed by atoms with Gasteiger partial charge in [-0.2, -0.15) is 0 Å². The number of pyridine rings is 1. The summed E-state index contributed by atoms with van der Waals surface area (Å²) in [7, 11) is 0. The molecule has 2 aromatic carbocycles. The SMILES string of the molecule is C=CCCc1ccc2nccc(Nc3cccc(C)c3)c2c1. The second-order valence-corrected chi connectivity index (χ2v) is 5.53. The van der Waals surface area contributed by atoms with Gasteiger partial charge in [0.2, 0.25) is 0 Å². The third-order valence-electron chi connectivity index (χ3n) is 3.74. The lowest BCUT2D eigenvalue weighted by molar-refractivity contribution is 1.01. The van der Waals surface area contributed by atoms with Crippen LogP contribution < -0.4 is 5.32 Å². The minimum Gasteiger partial charge on any atom is -0.355 e. The van der Waals surface area contributed by atoms with Gasteiger partial charge >= 0.3 is 0 Å². The van der Waals surface area contributed by atoms with Crippen LogP contribution in [0.1, 0.15) is 17.5 Å². The Morgan fingerprint density at radius 2 is 2.05 bits per heavy atom. The van der Waals surface area contributed by atoms with E-state index in [2.05, 4.69) is 66.3 Å². The molecule has 3 aromatic rings. The largest absolute Gasteiger partial charge is 0.355 e. The first-order chi connectivity index (χ1) is 10.8. The van der Waals surface area contributed by atoms with Crippen LogP contribution in [0.5, 0.6) is 0 Å². The van der Waals surface area contributed by atoms with Crippen molar-refractivity contribution in [2.24, 2.45) is 0 Å². The predicted molar refractivity (Wildman–Crippen MR) is 94.7 cm³/mol. The third kappa shape index (κ3) is 3.17. The van der Waals surface area contributed by atoms with Crippen molar-refractivity contribution < 1.29 is 0 Å². The Morgan fingerprint density at radius 3 is 2.86 bits per heavy atom. The molecule has 110 valence electrons. The van der Waals surface area contributed by atoms with Gasteiger partial charge in [-0.25, -0.2) is 0 Å². The minimum atomic E-state index is 0.992. The lowest BCUT2D eigenvalue weighted by Gasteiger charge is -2.11. The van der Waals surface area contributed by atoms with Crippen LogP contribution in [0.15, 0.2) is 67.4 Å².